The van der Waals surface area contributed by atoms with E-state index in [1.807, 2.05) is 0 Å². The number of carbonyl (C=O) groups is 1. The fraction of sp³-hybridized carbons (Fsp3) is 0.417. The number of carboxylic acids is 1. The predicted molar refractivity (Wildman–Crippen MR) is 69.5 cm³/mol. The summed E-state index contributed by atoms with van der Waals surface area (Å²) in [5, 5.41) is 8.15. The Labute approximate surface area is 112 Å². The molecule has 2 atom stereocenters. The highest BCUT2D eigenvalue weighted by molar-refractivity contribution is 7.85. The van der Waals surface area contributed by atoms with Crippen molar-refractivity contribution < 1.29 is 18.5 Å². The van der Waals surface area contributed by atoms with Crippen LogP contribution in [0.2, 0.25) is 5.02 Å². The van der Waals surface area contributed by atoms with Crippen molar-refractivity contribution >= 4 is 28.4 Å². The number of rotatable bonds is 5. The first-order valence-corrected chi connectivity index (χ1v) is 7.13. The first-order chi connectivity index (χ1) is 8.34. The minimum atomic E-state index is -1.71. The molecule has 1 rings (SSSR count). The fourth-order valence-corrected chi connectivity index (χ4v) is 3.50. The maximum absolute atomic E-state index is 13.5. The lowest BCUT2D eigenvalue weighted by atomic mass is 10.1. The van der Waals surface area contributed by atoms with E-state index in [1.54, 1.807) is 13.8 Å². The standard InChI is InChI=1S/C12H14ClFO3S/c1-7(2)11(12(15)16)18(17)6-8-9(13)4-3-5-10(8)14/h3-5,7,11H,6H2,1-2H3,(H,15,16). The molecule has 0 heterocycles. The maximum Gasteiger partial charge on any atom is 0.319 e. The van der Waals surface area contributed by atoms with Crippen molar-refractivity contribution in [1.82, 2.24) is 0 Å². The van der Waals surface area contributed by atoms with Gasteiger partial charge in [0.05, 0.1) is 5.75 Å². The summed E-state index contributed by atoms with van der Waals surface area (Å²) in [5.41, 5.74) is 0.101. The molecule has 18 heavy (non-hydrogen) atoms. The van der Waals surface area contributed by atoms with Crippen molar-refractivity contribution in [3.63, 3.8) is 0 Å². The van der Waals surface area contributed by atoms with Gasteiger partial charge >= 0.3 is 5.97 Å². The number of hydrogen-bond donors (Lipinski definition) is 1. The zero-order chi connectivity index (χ0) is 13.9. The van der Waals surface area contributed by atoms with E-state index < -0.39 is 27.8 Å². The van der Waals surface area contributed by atoms with Gasteiger partial charge in [-0.1, -0.05) is 31.5 Å². The molecule has 0 aliphatic carbocycles. The minimum Gasteiger partial charge on any atom is -0.480 e. The van der Waals surface area contributed by atoms with Gasteiger partial charge in [0.25, 0.3) is 0 Å². The highest BCUT2D eigenvalue weighted by atomic mass is 35.5. The summed E-state index contributed by atoms with van der Waals surface area (Å²) >= 11 is 5.82. The molecular formula is C12H14ClFO3S. The van der Waals surface area contributed by atoms with E-state index >= 15 is 0 Å². The summed E-state index contributed by atoms with van der Waals surface area (Å²) in [4.78, 5) is 11.0. The number of halogens is 2. The van der Waals surface area contributed by atoms with Gasteiger partial charge in [0.1, 0.15) is 11.1 Å². The largest absolute Gasteiger partial charge is 0.480 e. The quantitative estimate of drug-likeness (QED) is 0.908. The summed E-state index contributed by atoms with van der Waals surface area (Å²) < 4.78 is 25.5. The summed E-state index contributed by atoms with van der Waals surface area (Å²) in [6.07, 6.45) is 0. The van der Waals surface area contributed by atoms with Gasteiger partial charge in [-0.25, -0.2) is 4.39 Å². The van der Waals surface area contributed by atoms with E-state index in [0.717, 1.165) is 0 Å². The third-order valence-electron chi connectivity index (χ3n) is 2.48. The van der Waals surface area contributed by atoms with Crippen LogP contribution < -0.4 is 0 Å². The smallest absolute Gasteiger partial charge is 0.319 e. The molecule has 0 aromatic heterocycles. The van der Waals surface area contributed by atoms with Gasteiger partial charge in [-0.05, 0) is 18.1 Å². The summed E-state index contributed by atoms with van der Waals surface area (Å²) in [6, 6.07) is 4.15. The Kier molecular flexibility index (Phi) is 5.28. The zero-order valence-corrected chi connectivity index (χ0v) is 11.6. The third-order valence-corrected chi connectivity index (χ3v) is 4.72. The highest BCUT2D eigenvalue weighted by Gasteiger charge is 2.29. The van der Waals surface area contributed by atoms with E-state index in [-0.39, 0.29) is 22.3 Å². The normalized spacial score (nSPS) is 14.5. The van der Waals surface area contributed by atoms with Crippen LogP contribution in [0.15, 0.2) is 18.2 Å². The highest BCUT2D eigenvalue weighted by Crippen LogP contribution is 2.23. The Hall–Kier alpha value is -0.940. The molecule has 0 radical (unpaired) electrons. The lowest BCUT2D eigenvalue weighted by Gasteiger charge is -2.16. The van der Waals surface area contributed by atoms with Crippen LogP contribution in [0.25, 0.3) is 0 Å². The molecule has 6 heteroatoms. The molecule has 1 aromatic rings. The second-order valence-electron chi connectivity index (χ2n) is 4.23. The first kappa shape index (κ1) is 15.1. The third kappa shape index (κ3) is 3.53. The fourth-order valence-electron chi connectivity index (χ4n) is 1.60. The van der Waals surface area contributed by atoms with Gasteiger partial charge in [0.2, 0.25) is 0 Å². The minimum absolute atomic E-state index is 0.101. The molecule has 0 saturated carbocycles. The Morgan fingerprint density at radius 2 is 2.11 bits per heavy atom. The van der Waals surface area contributed by atoms with Crippen LogP contribution in [0, 0.1) is 11.7 Å². The molecule has 0 aliphatic rings. The molecule has 0 saturated heterocycles. The maximum atomic E-state index is 13.5. The van der Waals surface area contributed by atoms with Gasteiger partial charge in [-0.3, -0.25) is 9.00 Å². The topological polar surface area (TPSA) is 54.4 Å². The van der Waals surface area contributed by atoms with E-state index in [2.05, 4.69) is 0 Å². The number of aliphatic carboxylic acids is 1. The van der Waals surface area contributed by atoms with Gasteiger partial charge in [-0.2, -0.15) is 0 Å². The van der Waals surface area contributed by atoms with E-state index in [9.17, 15) is 13.4 Å². The van der Waals surface area contributed by atoms with Crippen molar-refractivity contribution in [2.24, 2.45) is 5.92 Å². The SMILES string of the molecule is CC(C)C(C(=O)O)S(=O)Cc1c(F)cccc1Cl. The molecule has 0 spiro atoms. The predicted octanol–water partition coefficient (Wildman–Crippen LogP) is 2.84. The number of benzene rings is 1. The lowest BCUT2D eigenvalue weighted by molar-refractivity contribution is -0.137. The van der Waals surface area contributed by atoms with E-state index in [1.165, 1.54) is 18.2 Å². The summed E-state index contributed by atoms with van der Waals surface area (Å²) in [6.45, 7) is 3.33. The molecule has 0 amide bonds. The van der Waals surface area contributed by atoms with E-state index in [0.29, 0.717) is 0 Å². The summed E-state index contributed by atoms with van der Waals surface area (Å²) in [7, 11) is -1.71. The Morgan fingerprint density at radius 3 is 2.56 bits per heavy atom. The summed E-state index contributed by atoms with van der Waals surface area (Å²) in [5.74, 6) is -2.20. The molecule has 1 aromatic carbocycles. The zero-order valence-electron chi connectivity index (χ0n) is 10.0. The molecule has 0 fully saturated rings. The van der Waals surface area contributed by atoms with Crippen LogP contribution in [-0.2, 0) is 21.3 Å². The van der Waals surface area contributed by atoms with E-state index in [4.69, 9.17) is 16.7 Å². The number of hydrogen-bond acceptors (Lipinski definition) is 2. The molecule has 0 bridgehead atoms. The second-order valence-corrected chi connectivity index (χ2v) is 6.19. The van der Waals surface area contributed by atoms with Crippen LogP contribution in [0.1, 0.15) is 19.4 Å². The average Bonchev–Trinajstić information content (AvgIpc) is 2.22. The average molecular weight is 293 g/mol. The van der Waals surface area contributed by atoms with Crippen LogP contribution in [0.4, 0.5) is 4.39 Å². The molecule has 2 unspecified atom stereocenters. The van der Waals surface area contributed by atoms with Crippen LogP contribution in [0.5, 0.6) is 0 Å². The lowest BCUT2D eigenvalue weighted by Crippen LogP contribution is -2.31. The first-order valence-electron chi connectivity index (χ1n) is 5.37. The van der Waals surface area contributed by atoms with Crippen molar-refractivity contribution in [2.45, 2.75) is 24.9 Å². The Morgan fingerprint density at radius 1 is 1.50 bits per heavy atom. The second kappa shape index (κ2) is 6.29. The Bertz CT molecular complexity index is 456. The van der Waals surface area contributed by atoms with Gasteiger partial charge in [0, 0.05) is 21.4 Å². The molecule has 1 N–H and O–H groups in total. The van der Waals surface area contributed by atoms with Gasteiger partial charge in [0.15, 0.2) is 0 Å². The Balaban J connectivity index is 2.97. The van der Waals surface area contributed by atoms with Crippen LogP contribution >= 0.6 is 11.6 Å². The van der Waals surface area contributed by atoms with Crippen molar-refractivity contribution in [2.75, 3.05) is 0 Å². The van der Waals surface area contributed by atoms with Gasteiger partial charge in [-0.15, -0.1) is 0 Å². The number of carboxylic acid groups (broad SMARTS) is 1. The van der Waals surface area contributed by atoms with Crippen molar-refractivity contribution in [3.05, 3.63) is 34.6 Å². The molecule has 100 valence electrons. The molecule has 0 aliphatic heterocycles. The van der Waals surface area contributed by atoms with Crippen molar-refractivity contribution in [1.29, 1.82) is 0 Å². The van der Waals surface area contributed by atoms with Gasteiger partial charge < -0.3 is 5.11 Å². The van der Waals surface area contributed by atoms with Crippen LogP contribution in [0.3, 0.4) is 0 Å². The molecule has 3 nitrogen and oxygen atoms in total. The monoisotopic (exact) mass is 292 g/mol. The van der Waals surface area contributed by atoms with Crippen LogP contribution in [-0.4, -0.2) is 20.5 Å². The van der Waals surface area contributed by atoms with Crippen molar-refractivity contribution in [3.8, 4) is 0 Å². The molecular weight excluding hydrogens is 279 g/mol.